The minimum Gasteiger partial charge on any atom is -0.411 e. The second kappa shape index (κ2) is 8.11. The summed E-state index contributed by atoms with van der Waals surface area (Å²) in [6.45, 7) is 0. The third-order valence-corrected chi connectivity index (χ3v) is 3.89. The van der Waals surface area contributed by atoms with Gasteiger partial charge in [0.1, 0.15) is 0 Å². The first-order valence-corrected chi connectivity index (χ1v) is 7.61. The van der Waals surface area contributed by atoms with Crippen molar-refractivity contribution < 1.29 is 10.4 Å². The fourth-order valence-electron chi connectivity index (χ4n) is 1.85. The van der Waals surface area contributed by atoms with Crippen molar-refractivity contribution in [1.29, 1.82) is 0 Å². The molecule has 0 radical (unpaired) electrons. The quantitative estimate of drug-likeness (QED) is 0.487. The normalized spacial score (nSPS) is 12.4. The van der Waals surface area contributed by atoms with Gasteiger partial charge in [-0.3, -0.25) is 0 Å². The molecule has 2 N–H and O–H groups in total. The van der Waals surface area contributed by atoms with Crippen LogP contribution in [0, 0.1) is 0 Å². The van der Waals surface area contributed by atoms with Crippen LogP contribution in [-0.2, 0) is 0 Å². The largest absolute Gasteiger partial charge is 0.411 e. The lowest BCUT2D eigenvalue weighted by Gasteiger charge is -2.06. The molecule has 0 saturated carbocycles. The molecule has 0 aliphatic carbocycles. The zero-order valence-corrected chi connectivity index (χ0v) is 12.2. The molecule has 0 aliphatic rings. The van der Waals surface area contributed by atoms with Crippen LogP contribution < -0.4 is 0 Å². The van der Waals surface area contributed by atoms with Crippen LogP contribution in [0.4, 0.5) is 0 Å². The Morgan fingerprint density at radius 2 is 1.10 bits per heavy atom. The average Bonchev–Trinajstić information content (AvgIpc) is 2.57. The maximum atomic E-state index is 9.11. The van der Waals surface area contributed by atoms with Gasteiger partial charge in [-0.05, 0) is 0 Å². The Kier molecular flexibility index (Phi) is 5.84. The van der Waals surface area contributed by atoms with Crippen molar-refractivity contribution in [1.82, 2.24) is 0 Å². The molecule has 0 atom stereocenters. The molecule has 0 spiro atoms. The van der Waals surface area contributed by atoms with Crippen LogP contribution in [0.3, 0.4) is 0 Å². The average molecular weight is 300 g/mol. The van der Waals surface area contributed by atoms with E-state index in [4.69, 9.17) is 10.4 Å². The minimum absolute atomic E-state index is 0.534. The van der Waals surface area contributed by atoms with E-state index < -0.39 is 0 Å². The lowest BCUT2D eigenvalue weighted by atomic mass is 10.1. The third kappa shape index (κ3) is 4.36. The second-order valence-electron chi connectivity index (χ2n) is 4.32. The first kappa shape index (κ1) is 15.1. The molecule has 4 nitrogen and oxygen atoms in total. The smallest absolute Gasteiger partial charge is 0.0966 e. The molecular formula is C16H16N2O2S. The van der Waals surface area contributed by atoms with Crippen LogP contribution in [0.5, 0.6) is 0 Å². The Balaban J connectivity index is 1.94. The van der Waals surface area contributed by atoms with Crippen LogP contribution in [0.25, 0.3) is 0 Å². The number of thioether (sulfide) groups is 1. The molecule has 0 heterocycles. The molecule has 2 aromatic carbocycles. The molecular weight excluding hydrogens is 284 g/mol. The highest BCUT2D eigenvalue weighted by atomic mass is 32.2. The molecule has 0 saturated heterocycles. The molecule has 0 unspecified atom stereocenters. The van der Waals surface area contributed by atoms with E-state index in [1.807, 2.05) is 60.7 Å². The molecule has 0 fully saturated rings. The third-order valence-electron chi connectivity index (χ3n) is 2.93. The highest BCUT2D eigenvalue weighted by Crippen LogP contribution is 2.12. The Hall–Kier alpha value is -2.27. The Labute approximate surface area is 127 Å². The van der Waals surface area contributed by atoms with Gasteiger partial charge in [0, 0.05) is 22.6 Å². The van der Waals surface area contributed by atoms with Gasteiger partial charge in [-0.2, -0.15) is 0 Å². The van der Waals surface area contributed by atoms with E-state index in [1.54, 1.807) is 0 Å². The molecule has 2 aromatic rings. The van der Waals surface area contributed by atoms with Gasteiger partial charge in [0.25, 0.3) is 0 Å². The van der Waals surface area contributed by atoms with Crippen molar-refractivity contribution >= 4 is 23.2 Å². The zero-order valence-electron chi connectivity index (χ0n) is 11.4. The summed E-state index contributed by atoms with van der Waals surface area (Å²) in [7, 11) is 0. The van der Waals surface area contributed by atoms with Crippen molar-refractivity contribution in [2.45, 2.75) is 0 Å². The zero-order chi connectivity index (χ0) is 14.9. The first-order chi connectivity index (χ1) is 10.3. The maximum absolute atomic E-state index is 9.11. The number of nitrogens with zero attached hydrogens (tertiary/aromatic N) is 2. The first-order valence-electron chi connectivity index (χ1n) is 6.45. The van der Waals surface area contributed by atoms with E-state index >= 15 is 0 Å². The van der Waals surface area contributed by atoms with E-state index in [9.17, 15) is 0 Å². The van der Waals surface area contributed by atoms with Crippen LogP contribution in [0.15, 0.2) is 71.0 Å². The SMILES string of the molecule is O/N=C(/CSC/C(=N/O)c1ccccc1)c1ccccc1. The molecule has 0 aromatic heterocycles. The predicted molar refractivity (Wildman–Crippen MR) is 86.9 cm³/mol. The fraction of sp³-hybridized carbons (Fsp3) is 0.125. The molecule has 21 heavy (non-hydrogen) atoms. The number of oxime groups is 2. The highest BCUT2D eigenvalue weighted by molar-refractivity contribution is 8.00. The summed E-state index contributed by atoms with van der Waals surface area (Å²) in [5, 5.41) is 24.9. The summed E-state index contributed by atoms with van der Waals surface area (Å²) < 4.78 is 0. The van der Waals surface area contributed by atoms with Gasteiger partial charge in [-0.25, -0.2) is 0 Å². The summed E-state index contributed by atoms with van der Waals surface area (Å²) in [5.74, 6) is 1.07. The Morgan fingerprint density at radius 1 is 0.714 bits per heavy atom. The maximum Gasteiger partial charge on any atom is 0.0966 e. The summed E-state index contributed by atoms with van der Waals surface area (Å²) in [4.78, 5) is 0. The standard InChI is InChI=1S/C16H16N2O2S/c19-17-15(13-7-3-1-4-8-13)11-21-12-16(18-20)14-9-5-2-6-10-14/h1-10,19-20H,11-12H2/b17-15-,18-16-. The topological polar surface area (TPSA) is 65.2 Å². The predicted octanol–water partition coefficient (Wildman–Crippen LogP) is 3.48. The van der Waals surface area contributed by atoms with Gasteiger partial charge in [-0.15, -0.1) is 11.8 Å². The van der Waals surface area contributed by atoms with Crippen molar-refractivity contribution in [2.75, 3.05) is 11.5 Å². The summed E-state index contributed by atoms with van der Waals surface area (Å²) in [5.41, 5.74) is 2.97. The summed E-state index contributed by atoms with van der Waals surface area (Å²) in [6.07, 6.45) is 0. The van der Waals surface area contributed by atoms with Gasteiger partial charge in [0.2, 0.25) is 0 Å². The monoisotopic (exact) mass is 300 g/mol. The number of rotatable bonds is 6. The number of hydrogen-bond donors (Lipinski definition) is 2. The molecule has 5 heteroatoms. The van der Waals surface area contributed by atoms with Gasteiger partial charge in [-0.1, -0.05) is 71.0 Å². The highest BCUT2D eigenvalue weighted by Gasteiger charge is 2.08. The van der Waals surface area contributed by atoms with Crippen molar-refractivity contribution in [3.63, 3.8) is 0 Å². The van der Waals surface area contributed by atoms with Gasteiger partial charge in [0.05, 0.1) is 11.4 Å². The van der Waals surface area contributed by atoms with Crippen molar-refractivity contribution in [3.8, 4) is 0 Å². The fourth-order valence-corrected chi connectivity index (χ4v) is 2.78. The number of benzene rings is 2. The van der Waals surface area contributed by atoms with Crippen molar-refractivity contribution in [3.05, 3.63) is 71.8 Å². The lowest BCUT2D eigenvalue weighted by molar-refractivity contribution is 0.319. The van der Waals surface area contributed by atoms with Gasteiger partial charge < -0.3 is 10.4 Å². The van der Waals surface area contributed by atoms with Crippen LogP contribution in [-0.4, -0.2) is 33.3 Å². The molecule has 0 bridgehead atoms. The van der Waals surface area contributed by atoms with Crippen LogP contribution in [0.2, 0.25) is 0 Å². The van der Waals surface area contributed by atoms with E-state index in [-0.39, 0.29) is 0 Å². The van der Waals surface area contributed by atoms with Crippen LogP contribution >= 0.6 is 11.8 Å². The minimum atomic E-state index is 0.534. The molecule has 108 valence electrons. The summed E-state index contributed by atoms with van der Waals surface area (Å²) in [6, 6.07) is 19.0. The van der Waals surface area contributed by atoms with E-state index in [0.717, 1.165) is 11.1 Å². The molecule has 0 amide bonds. The molecule has 2 rings (SSSR count). The van der Waals surface area contributed by atoms with Crippen molar-refractivity contribution in [2.24, 2.45) is 10.3 Å². The van der Waals surface area contributed by atoms with E-state index in [0.29, 0.717) is 22.9 Å². The Morgan fingerprint density at radius 3 is 1.43 bits per heavy atom. The molecule has 0 aliphatic heterocycles. The van der Waals surface area contributed by atoms with Gasteiger partial charge >= 0.3 is 0 Å². The number of hydrogen-bond acceptors (Lipinski definition) is 5. The Bertz CT molecular complexity index is 557. The van der Waals surface area contributed by atoms with E-state index in [1.165, 1.54) is 11.8 Å². The lowest BCUT2D eigenvalue weighted by Crippen LogP contribution is -2.09. The van der Waals surface area contributed by atoms with Gasteiger partial charge in [0.15, 0.2) is 0 Å². The van der Waals surface area contributed by atoms with E-state index in [2.05, 4.69) is 10.3 Å². The van der Waals surface area contributed by atoms with Crippen LogP contribution in [0.1, 0.15) is 11.1 Å². The summed E-state index contributed by atoms with van der Waals surface area (Å²) >= 11 is 1.53. The second-order valence-corrected chi connectivity index (χ2v) is 5.30.